The molecule has 0 amide bonds. The number of rotatable bonds is 4. The zero-order valence-corrected chi connectivity index (χ0v) is 22.1. The molecule has 0 aliphatic heterocycles. The van der Waals surface area contributed by atoms with Crippen molar-refractivity contribution >= 4 is 60.7 Å². The van der Waals surface area contributed by atoms with Crippen molar-refractivity contribution in [3.8, 4) is 11.1 Å². The van der Waals surface area contributed by atoms with Gasteiger partial charge in [0.15, 0.2) is 0 Å². The van der Waals surface area contributed by atoms with Gasteiger partial charge >= 0.3 is 0 Å². The minimum atomic E-state index is 0.925. The van der Waals surface area contributed by atoms with Crippen LogP contribution in [-0.4, -0.2) is 15.0 Å². The van der Waals surface area contributed by atoms with Crippen LogP contribution in [-0.2, 0) is 0 Å². The summed E-state index contributed by atoms with van der Waals surface area (Å²) in [4.78, 5) is 17.2. The fourth-order valence-corrected chi connectivity index (χ4v) is 5.86. The Kier molecular flexibility index (Phi) is 5.42. The van der Waals surface area contributed by atoms with Gasteiger partial charge in [-0.25, -0.2) is 4.98 Å². The first-order valence-electron chi connectivity index (χ1n) is 13.7. The summed E-state index contributed by atoms with van der Waals surface area (Å²) in [5, 5.41) is 4.34. The number of hydrogen-bond donors (Lipinski definition) is 0. The molecule has 192 valence electrons. The van der Waals surface area contributed by atoms with Crippen LogP contribution in [0.25, 0.3) is 54.7 Å². The molecule has 4 heteroatoms. The van der Waals surface area contributed by atoms with Gasteiger partial charge in [0, 0.05) is 50.9 Å². The Labute approximate surface area is 237 Å². The van der Waals surface area contributed by atoms with Gasteiger partial charge in [0.05, 0.1) is 27.8 Å². The number of nitrogens with zero attached hydrogens (tertiary/aromatic N) is 4. The molecule has 0 N–H and O–H groups in total. The number of hydrogen-bond acceptors (Lipinski definition) is 4. The van der Waals surface area contributed by atoms with Crippen molar-refractivity contribution in [3.63, 3.8) is 0 Å². The quantitative estimate of drug-likeness (QED) is 0.215. The smallest absolute Gasteiger partial charge is 0.0823 e. The molecule has 3 heterocycles. The van der Waals surface area contributed by atoms with E-state index in [9.17, 15) is 0 Å². The van der Waals surface area contributed by atoms with Gasteiger partial charge in [-0.2, -0.15) is 0 Å². The molecule has 0 fully saturated rings. The molecular formula is C37H24N4. The van der Waals surface area contributed by atoms with E-state index in [-0.39, 0.29) is 0 Å². The van der Waals surface area contributed by atoms with Gasteiger partial charge in [-0.1, -0.05) is 66.7 Å². The van der Waals surface area contributed by atoms with Crippen molar-refractivity contribution in [2.75, 3.05) is 4.90 Å². The summed E-state index contributed by atoms with van der Waals surface area (Å²) in [6, 6.07) is 46.3. The highest BCUT2D eigenvalue weighted by molar-refractivity contribution is 6.20. The van der Waals surface area contributed by atoms with E-state index in [0.717, 1.165) is 71.8 Å². The van der Waals surface area contributed by atoms with Crippen LogP contribution in [0.2, 0.25) is 0 Å². The summed E-state index contributed by atoms with van der Waals surface area (Å²) in [7, 11) is 0. The minimum absolute atomic E-state index is 0.925. The highest BCUT2D eigenvalue weighted by atomic mass is 15.1. The molecule has 5 aromatic carbocycles. The standard InChI is InChI=1S/C37H24N4/c1-3-11-25(12-4-1)34-35-30(16-9-21-38-35)37(31-17-10-22-39-36(31)34)41(28-14-5-2-6-15-28)29-19-20-33-27(24-29)23-26-13-7-8-18-32(26)40-33/h1-24H. The lowest BCUT2D eigenvalue weighted by Crippen LogP contribution is -2.12. The maximum Gasteiger partial charge on any atom is 0.0823 e. The van der Waals surface area contributed by atoms with Crippen LogP contribution in [0.1, 0.15) is 0 Å². The van der Waals surface area contributed by atoms with Crippen molar-refractivity contribution < 1.29 is 0 Å². The molecule has 41 heavy (non-hydrogen) atoms. The average molecular weight is 525 g/mol. The summed E-state index contributed by atoms with van der Waals surface area (Å²) in [6.45, 7) is 0. The van der Waals surface area contributed by atoms with Crippen molar-refractivity contribution in [1.82, 2.24) is 15.0 Å². The van der Waals surface area contributed by atoms with Crippen LogP contribution in [0.15, 0.2) is 146 Å². The molecule has 0 unspecified atom stereocenters. The Hall–Kier alpha value is -5.61. The summed E-state index contributed by atoms with van der Waals surface area (Å²) in [5.74, 6) is 0. The Morgan fingerprint density at radius 1 is 0.463 bits per heavy atom. The molecule has 8 rings (SSSR count). The summed E-state index contributed by atoms with van der Waals surface area (Å²) in [5.41, 5.74) is 9.12. The predicted octanol–water partition coefficient (Wildman–Crippen LogP) is 9.62. The zero-order chi connectivity index (χ0) is 27.2. The SMILES string of the molecule is c1ccc(-c2c3ncccc3c(N(c3ccccc3)c3ccc4nc5ccccc5cc4c3)c3cccnc23)cc1. The van der Waals surface area contributed by atoms with Gasteiger partial charge < -0.3 is 4.90 Å². The Morgan fingerprint density at radius 3 is 1.83 bits per heavy atom. The lowest BCUT2D eigenvalue weighted by Gasteiger charge is -2.29. The number of fused-ring (bicyclic) bond motifs is 4. The fraction of sp³-hybridized carbons (Fsp3) is 0. The van der Waals surface area contributed by atoms with Crippen LogP contribution in [0.5, 0.6) is 0 Å². The van der Waals surface area contributed by atoms with Gasteiger partial charge in [0.25, 0.3) is 0 Å². The monoisotopic (exact) mass is 524 g/mol. The molecule has 3 aromatic heterocycles. The molecule has 0 radical (unpaired) electrons. The first-order valence-corrected chi connectivity index (χ1v) is 13.7. The molecule has 4 nitrogen and oxygen atoms in total. The van der Waals surface area contributed by atoms with Gasteiger partial charge in [-0.15, -0.1) is 0 Å². The number of aromatic nitrogens is 3. The molecule has 0 spiro atoms. The second kappa shape index (κ2) is 9.54. The van der Waals surface area contributed by atoms with Crippen molar-refractivity contribution in [2.45, 2.75) is 0 Å². The van der Waals surface area contributed by atoms with E-state index >= 15 is 0 Å². The van der Waals surface area contributed by atoms with Gasteiger partial charge in [-0.3, -0.25) is 9.97 Å². The first-order chi connectivity index (χ1) is 20.3. The molecule has 0 aliphatic carbocycles. The second-order valence-corrected chi connectivity index (χ2v) is 10.1. The molecular weight excluding hydrogens is 500 g/mol. The number of benzene rings is 5. The topological polar surface area (TPSA) is 41.9 Å². The summed E-state index contributed by atoms with van der Waals surface area (Å²) in [6.07, 6.45) is 3.74. The van der Waals surface area contributed by atoms with E-state index in [1.54, 1.807) is 0 Å². The van der Waals surface area contributed by atoms with E-state index in [1.165, 1.54) is 0 Å². The van der Waals surface area contributed by atoms with Crippen LogP contribution in [0, 0.1) is 0 Å². The number of pyridine rings is 3. The number of para-hydroxylation sites is 2. The maximum absolute atomic E-state index is 4.95. The predicted molar refractivity (Wildman–Crippen MR) is 170 cm³/mol. The van der Waals surface area contributed by atoms with Crippen LogP contribution >= 0.6 is 0 Å². The molecule has 0 atom stereocenters. The third-order valence-electron chi connectivity index (χ3n) is 7.66. The normalized spacial score (nSPS) is 11.4. The Balaban J connectivity index is 1.47. The van der Waals surface area contributed by atoms with E-state index in [0.29, 0.717) is 0 Å². The largest absolute Gasteiger partial charge is 0.309 e. The molecule has 8 aromatic rings. The summed E-state index contributed by atoms with van der Waals surface area (Å²) >= 11 is 0. The third-order valence-corrected chi connectivity index (χ3v) is 7.66. The lowest BCUT2D eigenvalue weighted by atomic mass is 9.95. The van der Waals surface area contributed by atoms with Crippen LogP contribution in [0.4, 0.5) is 17.1 Å². The first kappa shape index (κ1) is 23.3. The van der Waals surface area contributed by atoms with Gasteiger partial charge in [0.1, 0.15) is 0 Å². The maximum atomic E-state index is 4.95. The van der Waals surface area contributed by atoms with Crippen molar-refractivity contribution in [3.05, 3.63) is 146 Å². The van der Waals surface area contributed by atoms with E-state index in [1.807, 2.05) is 36.7 Å². The molecule has 0 bridgehead atoms. The number of anilines is 3. The lowest BCUT2D eigenvalue weighted by molar-refractivity contribution is 1.30. The second-order valence-electron chi connectivity index (χ2n) is 10.1. The fourth-order valence-electron chi connectivity index (χ4n) is 5.86. The average Bonchev–Trinajstić information content (AvgIpc) is 3.04. The molecule has 0 saturated carbocycles. The Morgan fingerprint density at radius 2 is 1.10 bits per heavy atom. The van der Waals surface area contributed by atoms with Crippen LogP contribution in [0.3, 0.4) is 0 Å². The van der Waals surface area contributed by atoms with Gasteiger partial charge in [0.2, 0.25) is 0 Å². The van der Waals surface area contributed by atoms with Crippen molar-refractivity contribution in [2.24, 2.45) is 0 Å². The highest BCUT2D eigenvalue weighted by Gasteiger charge is 2.23. The van der Waals surface area contributed by atoms with Gasteiger partial charge in [-0.05, 0) is 72.3 Å². The molecule has 0 saturated heterocycles. The van der Waals surface area contributed by atoms with Crippen LogP contribution < -0.4 is 4.90 Å². The summed E-state index contributed by atoms with van der Waals surface area (Å²) < 4.78 is 0. The Bertz CT molecular complexity index is 2150. The highest BCUT2D eigenvalue weighted by Crippen LogP contribution is 2.47. The van der Waals surface area contributed by atoms with E-state index in [2.05, 4.69) is 114 Å². The molecule has 0 aliphatic rings. The van der Waals surface area contributed by atoms with Crippen molar-refractivity contribution in [1.29, 1.82) is 0 Å². The van der Waals surface area contributed by atoms with E-state index < -0.39 is 0 Å². The van der Waals surface area contributed by atoms with E-state index in [4.69, 9.17) is 15.0 Å². The zero-order valence-electron chi connectivity index (χ0n) is 22.1. The minimum Gasteiger partial charge on any atom is -0.309 e. The third kappa shape index (κ3) is 3.88.